The third-order valence-corrected chi connectivity index (χ3v) is 5.06. The van der Waals surface area contributed by atoms with E-state index < -0.39 is 22.3 Å². The highest BCUT2D eigenvalue weighted by molar-refractivity contribution is 7.87. The molecule has 3 N–H and O–H groups in total. The number of aromatic nitrogens is 3. The van der Waals surface area contributed by atoms with Crippen LogP contribution < -0.4 is 14.8 Å². The summed E-state index contributed by atoms with van der Waals surface area (Å²) in [5.41, 5.74) is -3.13. The lowest BCUT2D eigenvalue weighted by Gasteiger charge is -2.11. The van der Waals surface area contributed by atoms with E-state index in [-0.39, 0.29) is 23.3 Å². The number of halogens is 4. The fourth-order valence-electron chi connectivity index (χ4n) is 2.89. The number of rotatable bonds is 6. The van der Waals surface area contributed by atoms with Gasteiger partial charge in [0.1, 0.15) is 0 Å². The lowest BCUT2D eigenvalue weighted by atomic mass is 10.2. The number of aromatic amines is 1. The monoisotopic (exact) mass is 465 g/mol. The molecule has 0 saturated heterocycles. The van der Waals surface area contributed by atoms with E-state index in [0.29, 0.717) is 16.6 Å². The predicted octanol–water partition coefficient (Wildman–Crippen LogP) is 5.54. The number of ether oxygens (including phenoxy) is 1. The Labute approximate surface area is 181 Å². The molecule has 2 aromatic carbocycles. The zero-order valence-corrected chi connectivity index (χ0v) is 17.1. The lowest BCUT2D eigenvalue weighted by molar-refractivity contribution is -0.0379. The first-order valence-corrected chi connectivity index (χ1v) is 10.2. The zero-order chi connectivity index (χ0) is 22.9. The van der Waals surface area contributed by atoms with E-state index in [1.807, 2.05) is 11.6 Å². The first kappa shape index (κ1) is 21.6. The minimum atomic E-state index is -4.89. The molecule has 4 aromatic rings. The summed E-state index contributed by atoms with van der Waals surface area (Å²) >= 11 is 0. The SMILES string of the molecule is Cc1cc2c(F)c(Oc3ccnc(Nc4cccc(NS(=O)C(F)(F)F)c4)n3)ccc2[nH]1. The number of nitrogens with one attached hydrogen (secondary N) is 3. The van der Waals surface area contributed by atoms with E-state index in [1.54, 1.807) is 18.2 Å². The van der Waals surface area contributed by atoms with Gasteiger partial charge in [0.25, 0.3) is 0 Å². The molecule has 0 aliphatic rings. The van der Waals surface area contributed by atoms with Crippen LogP contribution in [0.1, 0.15) is 5.69 Å². The zero-order valence-electron chi connectivity index (χ0n) is 16.3. The maximum Gasteiger partial charge on any atom is 0.490 e. The van der Waals surface area contributed by atoms with Crippen molar-refractivity contribution < 1.29 is 26.5 Å². The highest BCUT2D eigenvalue weighted by Gasteiger charge is 2.37. The van der Waals surface area contributed by atoms with Crippen molar-refractivity contribution in [2.75, 3.05) is 10.0 Å². The van der Waals surface area contributed by atoms with Crippen molar-refractivity contribution in [2.24, 2.45) is 0 Å². The van der Waals surface area contributed by atoms with Gasteiger partial charge in [-0.05, 0) is 43.3 Å². The van der Waals surface area contributed by atoms with E-state index in [1.165, 1.54) is 36.5 Å². The third kappa shape index (κ3) is 4.80. The predicted molar refractivity (Wildman–Crippen MR) is 113 cm³/mol. The van der Waals surface area contributed by atoms with Gasteiger partial charge >= 0.3 is 5.51 Å². The minimum Gasteiger partial charge on any atom is -0.436 e. The highest BCUT2D eigenvalue weighted by Crippen LogP contribution is 2.30. The van der Waals surface area contributed by atoms with E-state index in [0.717, 1.165) is 5.69 Å². The van der Waals surface area contributed by atoms with Crippen molar-refractivity contribution >= 4 is 39.2 Å². The Morgan fingerprint density at radius 1 is 1.09 bits per heavy atom. The van der Waals surface area contributed by atoms with Crippen LogP contribution in [0, 0.1) is 12.7 Å². The van der Waals surface area contributed by atoms with Crippen molar-refractivity contribution in [3.05, 3.63) is 66.2 Å². The standard InChI is InChI=1S/C20H15F4N5O2S/c1-11-9-14-15(26-11)5-6-16(18(14)21)31-17-7-8-25-19(28-17)27-12-3-2-4-13(10-12)29-32(30)20(22,23)24/h2-10,26,29H,1H3,(H,25,27,28). The molecule has 0 fully saturated rings. The Bertz CT molecular complexity index is 1310. The molecule has 1 unspecified atom stereocenters. The number of hydrogen-bond donors (Lipinski definition) is 3. The first-order chi connectivity index (χ1) is 15.2. The van der Waals surface area contributed by atoms with Crippen molar-refractivity contribution in [3.8, 4) is 11.6 Å². The quantitative estimate of drug-likeness (QED) is 0.326. The van der Waals surface area contributed by atoms with Gasteiger partial charge in [0, 0.05) is 40.2 Å². The number of anilines is 3. The average Bonchev–Trinajstić information content (AvgIpc) is 3.11. The first-order valence-electron chi connectivity index (χ1n) is 9.10. The number of fused-ring (bicyclic) bond motifs is 1. The number of benzene rings is 2. The fourth-order valence-corrected chi connectivity index (χ4v) is 3.35. The Hall–Kier alpha value is -3.67. The van der Waals surface area contributed by atoms with Crippen molar-refractivity contribution in [1.29, 1.82) is 0 Å². The number of hydrogen-bond acceptors (Lipinski definition) is 5. The summed E-state index contributed by atoms with van der Waals surface area (Å²) < 4.78 is 70.8. The van der Waals surface area contributed by atoms with Crippen molar-refractivity contribution in [1.82, 2.24) is 15.0 Å². The number of nitrogens with zero attached hydrogens (tertiary/aromatic N) is 2. The van der Waals surface area contributed by atoms with E-state index in [2.05, 4.69) is 20.3 Å². The van der Waals surface area contributed by atoms with Gasteiger partial charge in [-0.25, -0.2) is 13.6 Å². The van der Waals surface area contributed by atoms with Gasteiger partial charge in [0.2, 0.25) is 22.8 Å². The summed E-state index contributed by atoms with van der Waals surface area (Å²) in [6.45, 7) is 1.81. The summed E-state index contributed by atoms with van der Waals surface area (Å²) in [4.78, 5) is 11.2. The summed E-state index contributed by atoms with van der Waals surface area (Å²) in [7, 11) is -3.25. The Morgan fingerprint density at radius 3 is 2.66 bits per heavy atom. The fraction of sp³-hybridized carbons (Fsp3) is 0.100. The van der Waals surface area contributed by atoms with Crippen LogP contribution in [-0.2, 0) is 11.0 Å². The Kier molecular flexibility index (Phi) is 5.70. The number of H-pyrrole nitrogens is 1. The highest BCUT2D eigenvalue weighted by atomic mass is 32.2. The molecule has 0 aliphatic carbocycles. The molecule has 0 bridgehead atoms. The van der Waals surface area contributed by atoms with E-state index in [9.17, 15) is 21.8 Å². The second-order valence-corrected chi connectivity index (χ2v) is 7.84. The Morgan fingerprint density at radius 2 is 1.88 bits per heavy atom. The van der Waals surface area contributed by atoms with Crippen LogP contribution in [0.25, 0.3) is 10.9 Å². The third-order valence-electron chi connectivity index (χ3n) is 4.22. The molecule has 4 rings (SSSR count). The molecule has 0 aliphatic heterocycles. The second-order valence-electron chi connectivity index (χ2n) is 6.63. The van der Waals surface area contributed by atoms with Crippen LogP contribution >= 0.6 is 0 Å². The average molecular weight is 465 g/mol. The number of alkyl halides is 3. The summed E-state index contributed by atoms with van der Waals surface area (Å²) in [5.74, 6) is -0.450. The van der Waals surface area contributed by atoms with Gasteiger partial charge < -0.3 is 15.0 Å². The van der Waals surface area contributed by atoms with E-state index in [4.69, 9.17) is 4.74 Å². The summed E-state index contributed by atoms with van der Waals surface area (Å²) in [6, 6.07) is 11.9. The van der Waals surface area contributed by atoms with Crippen LogP contribution in [0.2, 0.25) is 0 Å². The molecule has 0 radical (unpaired) electrons. The number of aryl methyl sites for hydroxylation is 1. The summed E-state index contributed by atoms with van der Waals surface area (Å²) in [5, 5.41) is 3.19. The maximum atomic E-state index is 14.7. The van der Waals surface area contributed by atoms with Crippen LogP contribution in [-0.4, -0.2) is 24.7 Å². The molecular formula is C20H15F4N5O2S. The smallest absolute Gasteiger partial charge is 0.436 e. The van der Waals surface area contributed by atoms with Crippen LogP contribution in [0.5, 0.6) is 11.6 Å². The molecule has 0 amide bonds. The molecule has 7 nitrogen and oxygen atoms in total. The van der Waals surface area contributed by atoms with Gasteiger partial charge in [0.05, 0.1) is 0 Å². The minimum absolute atomic E-state index is 0.0183. The molecular weight excluding hydrogens is 450 g/mol. The largest absolute Gasteiger partial charge is 0.490 e. The van der Waals surface area contributed by atoms with Gasteiger partial charge in [-0.15, -0.1) is 0 Å². The molecule has 166 valence electrons. The topological polar surface area (TPSA) is 91.9 Å². The molecule has 2 aromatic heterocycles. The van der Waals surface area contributed by atoms with E-state index >= 15 is 0 Å². The van der Waals surface area contributed by atoms with Crippen molar-refractivity contribution in [3.63, 3.8) is 0 Å². The van der Waals surface area contributed by atoms with Gasteiger partial charge in [-0.2, -0.15) is 18.2 Å². The summed E-state index contributed by atoms with van der Waals surface area (Å²) in [6.07, 6.45) is 1.38. The van der Waals surface area contributed by atoms with Crippen molar-refractivity contribution in [2.45, 2.75) is 12.4 Å². The molecule has 32 heavy (non-hydrogen) atoms. The van der Waals surface area contributed by atoms with Gasteiger partial charge in [-0.1, -0.05) is 6.07 Å². The molecule has 12 heteroatoms. The van der Waals surface area contributed by atoms with Crippen LogP contribution in [0.4, 0.5) is 34.9 Å². The molecule has 0 spiro atoms. The Balaban J connectivity index is 1.51. The molecule has 0 saturated carbocycles. The second kappa shape index (κ2) is 8.46. The van der Waals surface area contributed by atoms with Gasteiger partial charge in [-0.3, -0.25) is 4.72 Å². The molecule has 2 heterocycles. The van der Waals surface area contributed by atoms with Crippen LogP contribution in [0.3, 0.4) is 0 Å². The van der Waals surface area contributed by atoms with Gasteiger partial charge in [0.15, 0.2) is 11.6 Å². The van der Waals surface area contributed by atoms with Crippen LogP contribution in [0.15, 0.2) is 54.7 Å². The maximum absolute atomic E-state index is 14.7. The molecule has 1 atom stereocenters. The normalized spacial score (nSPS) is 12.5. The lowest BCUT2D eigenvalue weighted by Crippen LogP contribution is -2.22.